The van der Waals surface area contributed by atoms with Gasteiger partial charge in [0.1, 0.15) is 29.6 Å². The summed E-state index contributed by atoms with van der Waals surface area (Å²) in [6, 6.07) is 4.09. The maximum atomic E-state index is 14.3. The zero-order valence-corrected chi connectivity index (χ0v) is 28.5. The third kappa shape index (κ3) is 8.72. The molecule has 1 saturated carbocycles. The third-order valence-corrected chi connectivity index (χ3v) is 9.07. The highest BCUT2D eigenvalue weighted by Crippen LogP contribution is 2.41. The molecule has 1 aliphatic heterocycles. The van der Waals surface area contributed by atoms with Crippen LogP contribution in [0.25, 0.3) is 0 Å². The van der Waals surface area contributed by atoms with E-state index in [-0.39, 0.29) is 36.8 Å². The maximum Gasteiger partial charge on any atom is 0.293 e. The number of Topliss-reactive ketones (excluding diaryl/α,β-unsaturated/α-hetero) is 2. The topological polar surface area (TPSA) is 197 Å². The highest BCUT2D eigenvalue weighted by atomic mass is 16.2. The van der Waals surface area contributed by atoms with E-state index in [1.807, 2.05) is 6.92 Å². The van der Waals surface area contributed by atoms with Gasteiger partial charge in [-0.1, -0.05) is 59.2 Å². The van der Waals surface area contributed by atoms with Gasteiger partial charge < -0.3 is 26.2 Å². The van der Waals surface area contributed by atoms with Crippen LogP contribution >= 0.6 is 0 Å². The van der Waals surface area contributed by atoms with Gasteiger partial charge in [-0.2, -0.15) is 0 Å². The first kappa shape index (κ1) is 36.8. The second-order valence-electron chi connectivity index (χ2n) is 13.3. The number of amides is 5. The minimum atomic E-state index is -1.15. The minimum absolute atomic E-state index is 0.0165. The van der Waals surface area contributed by atoms with E-state index >= 15 is 0 Å². The third-order valence-electron chi connectivity index (χ3n) is 9.07. The first-order valence-corrected chi connectivity index (χ1v) is 16.7. The number of benzene rings is 1. The summed E-state index contributed by atoms with van der Waals surface area (Å²) in [4.78, 5) is 103. The van der Waals surface area contributed by atoms with E-state index in [4.69, 9.17) is 0 Å². The quantitative estimate of drug-likeness (QED) is 0.215. The molecule has 6 atom stereocenters. The lowest BCUT2D eigenvalue weighted by Crippen LogP contribution is -2.60. The van der Waals surface area contributed by atoms with E-state index in [2.05, 4.69) is 31.2 Å². The van der Waals surface area contributed by atoms with Crippen LogP contribution in [0.2, 0.25) is 0 Å². The van der Waals surface area contributed by atoms with Gasteiger partial charge in [0.15, 0.2) is 0 Å². The van der Waals surface area contributed by atoms with Crippen LogP contribution in [0.4, 0.5) is 5.69 Å². The molecule has 2 heterocycles. The SMILES string of the molecule is CCCC(NC(=O)[C@@H]1C2CCC(=O)C2CN1C(=O)[C@@H](NC(=O)[C@@H](NC(=O)c1cnccn1)C(C)C)C(C)C)C(=O)C(=O)Nc1ccccc1. The number of fused-ring (bicyclic) bond motifs is 1. The van der Waals surface area contributed by atoms with E-state index in [9.17, 15) is 33.6 Å². The number of nitrogens with zero attached hydrogens (tertiary/aromatic N) is 3. The summed E-state index contributed by atoms with van der Waals surface area (Å²) in [6.45, 7) is 8.77. The molecule has 2 aromatic rings. The fraction of sp³-hybridized carbons (Fsp3) is 0.514. The number of rotatable bonds is 14. The molecule has 1 aromatic carbocycles. The number of nitrogens with one attached hydrogen (secondary N) is 4. The van der Waals surface area contributed by atoms with Crippen molar-refractivity contribution in [1.82, 2.24) is 30.8 Å². The molecule has 4 N–H and O–H groups in total. The molecule has 2 aliphatic rings. The van der Waals surface area contributed by atoms with E-state index in [1.165, 1.54) is 23.5 Å². The standard InChI is InChI=1S/C35H45N7O7/c1-6-10-24(30(44)34(48)38-21-11-8-7-9-12-21)39-33(47)29-22-13-14-26(43)23(22)18-42(29)35(49)28(20(4)5)41-32(46)27(19(2)3)40-31(45)25-17-36-15-16-37-25/h7-9,11-12,15-17,19-20,22-24,27-29H,6,10,13-14,18H2,1-5H3,(H,38,48)(H,39,47)(H,40,45)(H,41,46)/t22?,23?,24?,27-,28-,29-/m0/s1. The Hall–Kier alpha value is -5.01. The molecule has 49 heavy (non-hydrogen) atoms. The number of likely N-dealkylation sites (tertiary alicyclic amines) is 1. The summed E-state index contributed by atoms with van der Waals surface area (Å²) >= 11 is 0. The number of hydrogen-bond donors (Lipinski definition) is 4. The average molecular weight is 676 g/mol. The Morgan fingerprint density at radius 1 is 0.918 bits per heavy atom. The van der Waals surface area contributed by atoms with Crippen molar-refractivity contribution in [3.05, 3.63) is 54.6 Å². The first-order valence-electron chi connectivity index (χ1n) is 16.7. The van der Waals surface area contributed by atoms with Crippen LogP contribution in [-0.4, -0.2) is 86.7 Å². The molecule has 0 bridgehead atoms. The van der Waals surface area contributed by atoms with Gasteiger partial charge in [-0.15, -0.1) is 0 Å². The number of ketones is 2. The van der Waals surface area contributed by atoms with Gasteiger partial charge in [0.05, 0.1) is 12.2 Å². The van der Waals surface area contributed by atoms with Crippen LogP contribution in [0.5, 0.6) is 0 Å². The molecule has 1 aromatic heterocycles. The lowest BCUT2D eigenvalue weighted by atomic mass is 9.92. The van der Waals surface area contributed by atoms with Crippen molar-refractivity contribution in [3.63, 3.8) is 0 Å². The summed E-state index contributed by atoms with van der Waals surface area (Å²) in [5.41, 5.74) is 0.453. The van der Waals surface area contributed by atoms with E-state index in [1.54, 1.807) is 58.0 Å². The van der Waals surface area contributed by atoms with Crippen molar-refractivity contribution < 1.29 is 33.6 Å². The zero-order chi connectivity index (χ0) is 35.8. The summed E-state index contributed by atoms with van der Waals surface area (Å²) in [5.74, 6) is -6.03. The van der Waals surface area contributed by atoms with E-state index < -0.39 is 77.2 Å². The molecule has 14 heteroatoms. The van der Waals surface area contributed by atoms with Crippen LogP contribution < -0.4 is 21.3 Å². The minimum Gasteiger partial charge on any atom is -0.344 e. The van der Waals surface area contributed by atoms with Gasteiger partial charge in [0.2, 0.25) is 23.5 Å². The molecule has 4 rings (SSSR count). The van der Waals surface area contributed by atoms with Crippen molar-refractivity contribution in [3.8, 4) is 0 Å². The predicted molar refractivity (Wildman–Crippen MR) is 179 cm³/mol. The fourth-order valence-electron chi connectivity index (χ4n) is 6.46. The summed E-state index contributed by atoms with van der Waals surface area (Å²) in [6.07, 6.45) is 5.37. The molecule has 2 fully saturated rings. The maximum absolute atomic E-state index is 14.3. The van der Waals surface area contributed by atoms with Crippen LogP contribution in [0.15, 0.2) is 48.9 Å². The number of anilines is 1. The second kappa shape index (κ2) is 16.4. The normalized spacial score (nSPS) is 20.3. The Morgan fingerprint density at radius 2 is 1.61 bits per heavy atom. The monoisotopic (exact) mass is 675 g/mol. The van der Waals surface area contributed by atoms with Crippen LogP contribution in [0, 0.1) is 23.7 Å². The number of hydrogen-bond acceptors (Lipinski definition) is 9. The summed E-state index contributed by atoms with van der Waals surface area (Å²) in [7, 11) is 0. The van der Waals surface area contributed by atoms with Gasteiger partial charge in [-0.3, -0.25) is 38.5 Å². The molecule has 1 aliphatic carbocycles. The molecule has 14 nitrogen and oxygen atoms in total. The Kier molecular flexibility index (Phi) is 12.3. The average Bonchev–Trinajstić information content (AvgIpc) is 3.64. The molecular formula is C35H45N7O7. The number of para-hydroxylation sites is 1. The first-order chi connectivity index (χ1) is 23.3. The van der Waals surface area contributed by atoms with Gasteiger partial charge in [-0.25, -0.2) is 4.98 Å². The number of carbonyl (C=O) groups excluding carboxylic acids is 7. The molecule has 5 amide bonds. The lowest BCUT2D eigenvalue weighted by molar-refractivity contribution is -0.144. The Bertz CT molecular complexity index is 1550. The highest BCUT2D eigenvalue weighted by molar-refractivity contribution is 6.42. The molecule has 3 unspecified atom stereocenters. The van der Waals surface area contributed by atoms with Gasteiger partial charge in [-0.05, 0) is 36.8 Å². The predicted octanol–water partition coefficient (Wildman–Crippen LogP) is 1.67. The Morgan fingerprint density at radius 3 is 2.22 bits per heavy atom. The van der Waals surface area contributed by atoms with Crippen molar-refractivity contribution >= 4 is 46.8 Å². The van der Waals surface area contributed by atoms with Crippen molar-refractivity contribution in [2.24, 2.45) is 23.7 Å². The molecular weight excluding hydrogens is 630 g/mol. The highest BCUT2D eigenvalue weighted by Gasteiger charge is 2.54. The molecule has 1 saturated heterocycles. The second-order valence-corrected chi connectivity index (χ2v) is 13.3. The Balaban J connectivity index is 1.53. The summed E-state index contributed by atoms with van der Waals surface area (Å²) in [5, 5.41) is 10.7. The number of carbonyl (C=O) groups is 7. The summed E-state index contributed by atoms with van der Waals surface area (Å²) < 4.78 is 0. The largest absolute Gasteiger partial charge is 0.344 e. The molecule has 0 radical (unpaired) electrons. The van der Waals surface area contributed by atoms with E-state index in [0.29, 0.717) is 18.5 Å². The van der Waals surface area contributed by atoms with Gasteiger partial charge >= 0.3 is 0 Å². The Labute approximate surface area is 285 Å². The zero-order valence-electron chi connectivity index (χ0n) is 28.5. The van der Waals surface area contributed by atoms with Crippen molar-refractivity contribution in [1.29, 1.82) is 0 Å². The molecule has 0 spiro atoms. The van der Waals surface area contributed by atoms with Gasteiger partial charge in [0.25, 0.3) is 11.8 Å². The van der Waals surface area contributed by atoms with Crippen molar-refractivity contribution in [2.45, 2.75) is 84.5 Å². The van der Waals surface area contributed by atoms with E-state index in [0.717, 1.165) is 0 Å². The van der Waals surface area contributed by atoms with Crippen LogP contribution in [0.1, 0.15) is 70.8 Å². The van der Waals surface area contributed by atoms with Crippen LogP contribution in [0.3, 0.4) is 0 Å². The van der Waals surface area contributed by atoms with Crippen LogP contribution in [-0.2, 0) is 28.8 Å². The number of aromatic nitrogens is 2. The van der Waals surface area contributed by atoms with Crippen molar-refractivity contribution in [2.75, 3.05) is 11.9 Å². The lowest BCUT2D eigenvalue weighted by Gasteiger charge is -2.33. The van der Waals surface area contributed by atoms with Gasteiger partial charge in [0, 0.05) is 42.9 Å². The molecule has 262 valence electrons. The fourth-order valence-corrected chi connectivity index (χ4v) is 6.46. The smallest absolute Gasteiger partial charge is 0.293 e.